The molecule has 0 aromatic heterocycles. The summed E-state index contributed by atoms with van der Waals surface area (Å²) >= 11 is 0. The number of carbonyl (C=O) groups excluding carboxylic acids is 2. The second-order valence-corrected chi connectivity index (χ2v) is 7.11. The van der Waals surface area contributed by atoms with Gasteiger partial charge in [-0.3, -0.25) is 9.59 Å². The second kappa shape index (κ2) is 9.88. The van der Waals surface area contributed by atoms with Gasteiger partial charge in [-0.25, -0.2) is 0 Å². The molecule has 0 bridgehead atoms. The molecule has 0 atom stereocenters. The summed E-state index contributed by atoms with van der Waals surface area (Å²) in [6, 6.07) is 13.1. The molecular weight excluding hydrogens is 338 g/mol. The maximum atomic E-state index is 12.6. The molecule has 0 saturated heterocycles. The molecule has 2 aromatic rings. The van der Waals surface area contributed by atoms with Gasteiger partial charge in [0.15, 0.2) is 0 Å². The molecule has 5 heteroatoms. The first kappa shape index (κ1) is 20.6. The number of benzene rings is 2. The SMILES string of the molecule is CCNCc1cccc(NC(=O)c2ccc(NC(=O)CC(C)C)c(C)c2)c1. The van der Waals surface area contributed by atoms with E-state index in [1.807, 2.05) is 45.0 Å². The molecule has 5 nitrogen and oxygen atoms in total. The Labute approximate surface area is 161 Å². The van der Waals surface area contributed by atoms with Crippen molar-refractivity contribution >= 4 is 23.2 Å². The van der Waals surface area contributed by atoms with Gasteiger partial charge in [-0.2, -0.15) is 0 Å². The highest BCUT2D eigenvalue weighted by molar-refractivity contribution is 6.05. The summed E-state index contributed by atoms with van der Waals surface area (Å²) in [6.07, 6.45) is 0.477. The lowest BCUT2D eigenvalue weighted by molar-refractivity contribution is -0.116. The Morgan fingerprint density at radius 3 is 2.48 bits per heavy atom. The molecule has 0 unspecified atom stereocenters. The van der Waals surface area contributed by atoms with Crippen LogP contribution >= 0.6 is 0 Å². The van der Waals surface area contributed by atoms with Crippen LogP contribution in [0.25, 0.3) is 0 Å². The molecule has 0 radical (unpaired) electrons. The number of rotatable bonds is 8. The molecule has 0 aliphatic carbocycles. The van der Waals surface area contributed by atoms with Crippen molar-refractivity contribution in [2.45, 2.75) is 40.7 Å². The molecule has 0 fully saturated rings. The van der Waals surface area contributed by atoms with Crippen molar-refractivity contribution in [2.24, 2.45) is 5.92 Å². The molecule has 0 aliphatic heterocycles. The van der Waals surface area contributed by atoms with Crippen molar-refractivity contribution in [3.8, 4) is 0 Å². The molecular formula is C22H29N3O2. The number of amides is 2. The maximum Gasteiger partial charge on any atom is 0.255 e. The molecule has 2 amide bonds. The van der Waals surface area contributed by atoms with Crippen LogP contribution in [-0.4, -0.2) is 18.4 Å². The van der Waals surface area contributed by atoms with Crippen LogP contribution in [0, 0.1) is 12.8 Å². The van der Waals surface area contributed by atoms with E-state index in [-0.39, 0.29) is 11.8 Å². The zero-order chi connectivity index (χ0) is 19.8. The van der Waals surface area contributed by atoms with E-state index in [0.29, 0.717) is 17.9 Å². The van der Waals surface area contributed by atoms with Gasteiger partial charge in [0.05, 0.1) is 0 Å². The number of nitrogens with one attached hydrogen (secondary N) is 3. The van der Waals surface area contributed by atoms with E-state index in [1.165, 1.54) is 0 Å². The topological polar surface area (TPSA) is 70.2 Å². The van der Waals surface area contributed by atoms with Gasteiger partial charge in [0.2, 0.25) is 5.91 Å². The van der Waals surface area contributed by atoms with Gasteiger partial charge in [0, 0.05) is 29.9 Å². The molecule has 0 heterocycles. The normalized spacial score (nSPS) is 10.7. The van der Waals surface area contributed by atoms with Crippen molar-refractivity contribution in [2.75, 3.05) is 17.2 Å². The molecule has 27 heavy (non-hydrogen) atoms. The minimum Gasteiger partial charge on any atom is -0.326 e. The van der Waals surface area contributed by atoms with E-state index in [4.69, 9.17) is 0 Å². The summed E-state index contributed by atoms with van der Waals surface area (Å²) in [5.74, 6) is 0.125. The highest BCUT2D eigenvalue weighted by atomic mass is 16.2. The maximum absolute atomic E-state index is 12.6. The van der Waals surface area contributed by atoms with Crippen molar-refractivity contribution < 1.29 is 9.59 Å². The van der Waals surface area contributed by atoms with E-state index in [2.05, 4.69) is 22.9 Å². The van der Waals surface area contributed by atoms with Gasteiger partial charge in [-0.15, -0.1) is 0 Å². The molecule has 2 rings (SSSR count). The summed E-state index contributed by atoms with van der Waals surface area (Å²) < 4.78 is 0. The van der Waals surface area contributed by atoms with Crippen LogP contribution in [0.2, 0.25) is 0 Å². The predicted molar refractivity (Wildman–Crippen MR) is 111 cm³/mol. The van der Waals surface area contributed by atoms with Crippen LogP contribution in [0.15, 0.2) is 42.5 Å². The highest BCUT2D eigenvalue weighted by Crippen LogP contribution is 2.19. The summed E-state index contributed by atoms with van der Waals surface area (Å²) in [5.41, 5.74) is 4.05. The van der Waals surface area contributed by atoms with E-state index in [9.17, 15) is 9.59 Å². The van der Waals surface area contributed by atoms with Crippen LogP contribution in [0.5, 0.6) is 0 Å². The lowest BCUT2D eigenvalue weighted by Gasteiger charge is -2.12. The van der Waals surface area contributed by atoms with Crippen molar-refractivity contribution in [1.29, 1.82) is 0 Å². The number of hydrogen-bond acceptors (Lipinski definition) is 3. The first-order chi connectivity index (χ1) is 12.9. The standard InChI is InChI=1S/C22H29N3O2/c1-5-23-14-17-7-6-8-19(13-17)24-22(27)18-9-10-20(16(4)12-18)25-21(26)11-15(2)3/h6-10,12-13,15,23H,5,11,14H2,1-4H3,(H,24,27)(H,25,26). The van der Waals surface area contributed by atoms with E-state index in [0.717, 1.165) is 35.6 Å². The molecule has 0 spiro atoms. The average molecular weight is 367 g/mol. The molecule has 2 aromatic carbocycles. The average Bonchev–Trinajstić information content (AvgIpc) is 2.61. The Balaban J connectivity index is 2.04. The number of anilines is 2. The lowest BCUT2D eigenvalue weighted by atomic mass is 10.1. The van der Waals surface area contributed by atoms with Gasteiger partial charge < -0.3 is 16.0 Å². The molecule has 0 saturated carbocycles. The Kier molecular flexibility index (Phi) is 7.55. The summed E-state index contributed by atoms with van der Waals surface area (Å²) in [5, 5.41) is 9.11. The fraction of sp³-hybridized carbons (Fsp3) is 0.364. The van der Waals surface area contributed by atoms with Crippen molar-refractivity contribution in [3.63, 3.8) is 0 Å². The molecule has 0 aliphatic rings. The van der Waals surface area contributed by atoms with Crippen LogP contribution in [0.1, 0.15) is 48.7 Å². The summed E-state index contributed by atoms with van der Waals surface area (Å²) in [4.78, 5) is 24.5. The Bertz CT molecular complexity index is 800. The van der Waals surface area contributed by atoms with Crippen LogP contribution < -0.4 is 16.0 Å². The van der Waals surface area contributed by atoms with Gasteiger partial charge in [0.25, 0.3) is 5.91 Å². The molecule has 144 valence electrons. The number of aryl methyl sites for hydroxylation is 1. The van der Waals surface area contributed by atoms with Crippen LogP contribution in [0.3, 0.4) is 0 Å². The quantitative estimate of drug-likeness (QED) is 0.650. The lowest BCUT2D eigenvalue weighted by Crippen LogP contribution is -2.16. The first-order valence-electron chi connectivity index (χ1n) is 9.40. The predicted octanol–water partition coefficient (Wildman–Crippen LogP) is 4.34. The van der Waals surface area contributed by atoms with Crippen LogP contribution in [0.4, 0.5) is 11.4 Å². The van der Waals surface area contributed by atoms with Crippen molar-refractivity contribution in [3.05, 3.63) is 59.2 Å². The fourth-order valence-electron chi connectivity index (χ4n) is 2.75. The van der Waals surface area contributed by atoms with E-state index < -0.39 is 0 Å². The Morgan fingerprint density at radius 1 is 1.04 bits per heavy atom. The Morgan fingerprint density at radius 2 is 1.81 bits per heavy atom. The highest BCUT2D eigenvalue weighted by Gasteiger charge is 2.11. The fourth-order valence-corrected chi connectivity index (χ4v) is 2.75. The first-order valence-corrected chi connectivity index (χ1v) is 9.40. The van der Waals surface area contributed by atoms with Crippen LogP contribution in [-0.2, 0) is 11.3 Å². The Hall–Kier alpha value is -2.66. The summed E-state index contributed by atoms with van der Waals surface area (Å²) in [6.45, 7) is 9.63. The third kappa shape index (κ3) is 6.53. The monoisotopic (exact) mass is 367 g/mol. The van der Waals surface area contributed by atoms with Gasteiger partial charge in [-0.1, -0.05) is 32.9 Å². The zero-order valence-electron chi connectivity index (χ0n) is 16.6. The smallest absolute Gasteiger partial charge is 0.255 e. The third-order valence-electron chi connectivity index (χ3n) is 4.12. The number of carbonyl (C=O) groups is 2. The minimum atomic E-state index is -0.168. The second-order valence-electron chi connectivity index (χ2n) is 7.11. The minimum absolute atomic E-state index is 0.0113. The molecule has 3 N–H and O–H groups in total. The van der Waals surface area contributed by atoms with E-state index >= 15 is 0 Å². The number of hydrogen-bond donors (Lipinski definition) is 3. The van der Waals surface area contributed by atoms with Gasteiger partial charge in [0.1, 0.15) is 0 Å². The van der Waals surface area contributed by atoms with Gasteiger partial charge in [-0.05, 0) is 60.8 Å². The summed E-state index contributed by atoms with van der Waals surface area (Å²) in [7, 11) is 0. The van der Waals surface area contributed by atoms with Crippen molar-refractivity contribution in [1.82, 2.24) is 5.32 Å². The third-order valence-corrected chi connectivity index (χ3v) is 4.12. The van der Waals surface area contributed by atoms with Gasteiger partial charge >= 0.3 is 0 Å². The largest absolute Gasteiger partial charge is 0.326 e. The zero-order valence-corrected chi connectivity index (χ0v) is 16.6. The van der Waals surface area contributed by atoms with E-state index in [1.54, 1.807) is 18.2 Å².